The van der Waals surface area contributed by atoms with Gasteiger partial charge in [0, 0.05) is 13.7 Å². The molecule has 0 aromatic heterocycles. The molecule has 0 aromatic carbocycles. The number of methoxy groups -OCH3 is 1. The predicted molar refractivity (Wildman–Crippen MR) is 59.6 cm³/mol. The largest absolute Gasteiger partial charge is 0.382 e. The fraction of sp³-hybridized carbons (Fsp3) is 0.818. The fourth-order valence-corrected chi connectivity index (χ4v) is 1.03. The highest BCUT2D eigenvalue weighted by Crippen LogP contribution is 1.89. The van der Waals surface area contributed by atoms with Gasteiger partial charge >= 0.3 is 0 Å². The summed E-state index contributed by atoms with van der Waals surface area (Å²) in [5.74, 6) is 0. The van der Waals surface area contributed by atoms with Crippen LogP contribution in [0.5, 0.6) is 0 Å². The van der Waals surface area contributed by atoms with Crippen molar-refractivity contribution in [3.63, 3.8) is 0 Å². The Hall–Kier alpha value is -0.380. The summed E-state index contributed by atoms with van der Waals surface area (Å²) in [7, 11) is 1.69. The van der Waals surface area contributed by atoms with Crippen molar-refractivity contribution in [3.8, 4) is 0 Å². The molecule has 84 valence electrons. The van der Waals surface area contributed by atoms with Crippen molar-refractivity contribution in [2.45, 2.75) is 19.3 Å². The van der Waals surface area contributed by atoms with Gasteiger partial charge in [0.05, 0.1) is 13.2 Å². The molecule has 0 atom stereocenters. The Labute approximate surface area is 87.5 Å². The van der Waals surface area contributed by atoms with Gasteiger partial charge in [-0.05, 0) is 32.4 Å². The van der Waals surface area contributed by atoms with E-state index >= 15 is 0 Å². The molecule has 3 nitrogen and oxygen atoms in total. The number of nitrogens with one attached hydrogen (secondary N) is 1. The van der Waals surface area contributed by atoms with E-state index in [2.05, 4.69) is 11.9 Å². The first-order valence-electron chi connectivity index (χ1n) is 5.30. The summed E-state index contributed by atoms with van der Waals surface area (Å²) in [5, 5.41) is 3.34. The first kappa shape index (κ1) is 13.6. The van der Waals surface area contributed by atoms with E-state index in [1.807, 2.05) is 6.08 Å². The lowest BCUT2D eigenvalue weighted by molar-refractivity contribution is 0.0688. The van der Waals surface area contributed by atoms with E-state index in [0.29, 0.717) is 13.2 Å². The lowest BCUT2D eigenvalue weighted by Crippen LogP contribution is -2.16. The minimum absolute atomic E-state index is 0.692. The van der Waals surface area contributed by atoms with Crippen LogP contribution < -0.4 is 5.32 Å². The summed E-state index contributed by atoms with van der Waals surface area (Å²) < 4.78 is 10.2. The predicted octanol–water partition coefficient (Wildman–Crippen LogP) is 1.60. The lowest BCUT2D eigenvalue weighted by Gasteiger charge is -2.04. The van der Waals surface area contributed by atoms with Crippen LogP contribution in [0.15, 0.2) is 12.7 Å². The molecule has 3 heteroatoms. The van der Waals surface area contributed by atoms with Crippen molar-refractivity contribution < 1.29 is 9.47 Å². The molecule has 0 aliphatic rings. The van der Waals surface area contributed by atoms with Gasteiger partial charge in [-0.1, -0.05) is 6.08 Å². The number of ether oxygens (including phenoxy) is 2. The van der Waals surface area contributed by atoms with Crippen molar-refractivity contribution in [1.29, 1.82) is 0 Å². The normalized spacial score (nSPS) is 10.4. The third kappa shape index (κ3) is 11.6. The van der Waals surface area contributed by atoms with Gasteiger partial charge < -0.3 is 14.8 Å². The molecule has 1 N–H and O–H groups in total. The number of unbranched alkanes of at least 4 members (excludes halogenated alkanes) is 1. The van der Waals surface area contributed by atoms with E-state index in [4.69, 9.17) is 9.47 Å². The SMILES string of the molecule is C=CCCNCCCCOCCOC. The Bertz CT molecular complexity index is 118. The Morgan fingerprint density at radius 1 is 1.14 bits per heavy atom. The van der Waals surface area contributed by atoms with E-state index in [1.165, 1.54) is 6.42 Å². The smallest absolute Gasteiger partial charge is 0.0700 e. The molecule has 0 aliphatic heterocycles. The first-order valence-corrected chi connectivity index (χ1v) is 5.30. The molecular weight excluding hydrogens is 178 g/mol. The van der Waals surface area contributed by atoms with Gasteiger partial charge in [0.1, 0.15) is 0 Å². The van der Waals surface area contributed by atoms with Gasteiger partial charge in [0.25, 0.3) is 0 Å². The standard InChI is InChI=1S/C11H23NO2/c1-3-4-7-12-8-5-6-9-14-11-10-13-2/h3,12H,1,4-11H2,2H3. The van der Waals surface area contributed by atoms with Crippen molar-refractivity contribution in [3.05, 3.63) is 12.7 Å². The van der Waals surface area contributed by atoms with E-state index < -0.39 is 0 Å². The van der Waals surface area contributed by atoms with Crippen molar-refractivity contribution in [1.82, 2.24) is 5.32 Å². The second-order valence-electron chi connectivity index (χ2n) is 3.14. The molecule has 0 aliphatic carbocycles. The minimum Gasteiger partial charge on any atom is -0.382 e. The van der Waals surface area contributed by atoms with Crippen LogP contribution in [0.25, 0.3) is 0 Å². The zero-order valence-electron chi connectivity index (χ0n) is 9.26. The van der Waals surface area contributed by atoms with Gasteiger partial charge in [-0.15, -0.1) is 6.58 Å². The van der Waals surface area contributed by atoms with E-state index in [9.17, 15) is 0 Å². The van der Waals surface area contributed by atoms with Gasteiger partial charge in [-0.25, -0.2) is 0 Å². The molecule has 0 spiro atoms. The second kappa shape index (κ2) is 12.6. The Balaban J connectivity index is 2.81. The highest BCUT2D eigenvalue weighted by atomic mass is 16.5. The summed E-state index contributed by atoms with van der Waals surface area (Å²) in [6.45, 7) is 8.01. The zero-order chi connectivity index (χ0) is 10.5. The Morgan fingerprint density at radius 2 is 2.00 bits per heavy atom. The highest BCUT2D eigenvalue weighted by Gasteiger charge is 1.89. The quantitative estimate of drug-likeness (QED) is 0.407. The number of hydrogen-bond acceptors (Lipinski definition) is 3. The van der Waals surface area contributed by atoms with Crippen molar-refractivity contribution in [2.75, 3.05) is 40.0 Å². The molecule has 0 bridgehead atoms. The molecule has 0 fully saturated rings. The molecule has 0 aromatic rings. The maximum Gasteiger partial charge on any atom is 0.0700 e. The molecule has 0 radical (unpaired) electrons. The summed E-state index contributed by atoms with van der Waals surface area (Å²) in [6.07, 6.45) is 5.26. The van der Waals surface area contributed by atoms with Crippen molar-refractivity contribution in [2.24, 2.45) is 0 Å². The van der Waals surface area contributed by atoms with Crippen LogP contribution >= 0.6 is 0 Å². The average Bonchev–Trinajstić information content (AvgIpc) is 2.21. The summed E-state index contributed by atoms with van der Waals surface area (Å²) >= 11 is 0. The Kier molecular flexibility index (Phi) is 12.3. The number of hydrogen-bond donors (Lipinski definition) is 1. The van der Waals surface area contributed by atoms with Crippen LogP contribution in [0.2, 0.25) is 0 Å². The van der Waals surface area contributed by atoms with Crippen LogP contribution in [0.1, 0.15) is 19.3 Å². The molecule has 0 unspecified atom stereocenters. The number of rotatable bonds is 11. The van der Waals surface area contributed by atoms with Gasteiger partial charge in [0.15, 0.2) is 0 Å². The molecule has 0 heterocycles. The molecule has 0 amide bonds. The van der Waals surface area contributed by atoms with Crippen LogP contribution in [0, 0.1) is 0 Å². The summed E-state index contributed by atoms with van der Waals surface area (Å²) in [6, 6.07) is 0. The Morgan fingerprint density at radius 3 is 2.71 bits per heavy atom. The molecule has 14 heavy (non-hydrogen) atoms. The first-order chi connectivity index (χ1) is 6.91. The van der Waals surface area contributed by atoms with E-state index in [0.717, 1.165) is 32.5 Å². The minimum atomic E-state index is 0.692. The van der Waals surface area contributed by atoms with Crippen molar-refractivity contribution >= 4 is 0 Å². The monoisotopic (exact) mass is 201 g/mol. The average molecular weight is 201 g/mol. The summed E-state index contributed by atoms with van der Waals surface area (Å²) in [5.41, 5.74) is 0. The van der Waals surface area contributed by atoms with Crippen LogP contribution in [-0.4, -0.2) is 40.0 Å². The van der Waals surface area contributed by atoms with Gasteiger partial charge in [-0.2, -0.15) is 0 Å². The third-order valence-corrected chi connectivity index (χ3v) is 1.85. The van der Waals surface area contributed by atoms with Crippen LogP contribution in [-0.2, 0) is 9.47 Å². The maximum atomic E-state index is 5.33. The van der Waals surface area contributed by atoms with E-state index in [-0.39, 0.29) is 0 Å². The zero-order valence-corrected chi connectivity index (χ0v) is 9.26. The van der Waals surface area contributed by atoms with E-state index in [1.54, 1.807) is 7.11 Å². The van der Waals surface area contributed by atoms with Gasteiger partial charge in [-0.3, -0.25) is 0 Å². The molecule has 0 saturated heterocycles. The van der Waals surface area contributed by atoms with Crippen LogP contribution in [0.4, 0.5) is 0 Å². The topological polar surface area (TPSA) is 30.5 Å². The van der Waals surface area contributed by atoms with Gasteiger partial charge in [0.2, 0.25) is 0 Å². The highest BCUT2D eigenvalue weighted by molar-refractivity contribution is 4.67. The summed E-state index contributed by atoms with van der Waals surface area (Å²) in [4.78, 5) is 0. The third-order valence-electron chi connectivity index (χ3n) is 1.85. The van der Waals surface area contributed by atoms with Crippen LogP contribution in [0.3, 0.4) is 0 Å². The molecule has 0 saturated carbocycles. The second-order valence-corrected chi connectivity index (χ2v) is 3.14. The fourth-order valence-electron chi connectivity index (χ4n) is 1.03. The lowest BCUT2D eigenvalue weighted by atomic mass is 10.3. The maximum absolute atomic E-state index is 5.33. The molecule has 0 rings (SSSR count). The molecular formula is C11H23NO2.